The summed E-state index contributed by atoms with van der Waals surface area (Å²) in [4.78, 5) is 15.4. The summed E-state index contributed by atoms with van der Waals surface area (Å²) in [6.07, 6.45) is 0.726. The largest absolute Gasteiger partial charge is 0.453 e. The summed E-state index contributed by atoms with van der Waals surface area (Å²) in [5.74, 6) is 0.639. The molecular weight excluding hydrogens is 374 g/mol. The normalized spacial score (nSPS) is 23.7. The Labute approximate surface area is 175 Å². The van der Waals surface area contributed by atoms with E-state index in [9.17, 15) is 4.79 Å². The minimum Gasteiger partial charge on any atom is -0.453 e. The van der Waals surface area contributed by atoms with Gasteiger partial charge < -0.3 is 9.64 Å². The first-order chi connectivity index (χ1) is 14.6. The van der Waals surface area contributed by atoms with Gasteiger partial charge in [-0.2, -0.15) is 5.10 Å². The molecule has 0 bridgehead atoms. The van der Waals surface area contributed by atoms with Gasteiger partial charge in [-0.1, -0.05) is 60.2 Å². The summed E-state index contributed by atoms with van der Waals surface area (Å²) >= 11 is 0. The van der Waals surface area contributed by atoms with Crippen molar-refractivity contribution in [3.8, 4) is 5.75 Å². The number of ether oxygens (including phenoxy) is 1. The van der Waals surface area contributed by atoms with Crippen molar-refractivity contribution in [2.45, 2.75) is 25.1 Å². The summed E-state index contributed by atoms with van der Waals surface area (Å²) in [5.41, 5.74) is 4.63. The highest BCUT2D eigenvalue weighted by Gasteiger charge is 2.62. The van der Waals surface area contributed by atoms with Gasteiger partial charge in [-0.25, -0.2) is 5.01 Å². The van der Waals surface area contributed by atoms with Crippen molar-refractivity contribution < 1.29 is 9.53 Å². The number of hydrogen-bond acceptors (Lipinski definition) is 4. The van der Waals surface area contributed by atoms with Crippen molar-refractivity contribution in [3.63, 3.8) is 0 Å². The molecule has 148 valence electrons. The molecule has 30 heavy (non-hydrogen) atoms. The highest BCUT2D eigenvalue weighted by Crippen LogP contribution is 2.55. The van der Waals surface area contributed by atoms with E-state index in [-0.39, 0.29) is 11.9 Å². The molecule has 0 aromatic heterocycles. The monoisotopic (exact) mass is 395 g/mol. The van der Waals surface area contributed by atoms with Crippen LogP contribution < -0.4 is 9.64 Å². The van der Waals surface area contributed by atoms with Crippen LogP contribution in [0.5, 0.6) is 5.75 Å². The predicted octanol–water partition coefficient (Wildman–Crippen LogP) is 4.37. The molecule has 5 nitrogen and oxygen atoms in total. The molecule has 3 heterocycles. The minimum absolute atomic E-state index is 0.0611. The topological polar surface area (TPSA) is 45.1 Å². The predicted molar refractivity (Wildman–Crippen MR) is 116 cm³/mol. The van der Waals surface area contributed by atoms with E-state index in [1.54, 1.807) is 4.90 Å². The summed E-state index contributed by atoms with van der Waals surface area (Å²) in [5, 5.41) is 6.91. The average Bonchev–Trinajstić information content (AvgIpc) is 3.31. The van der Waals surface area contributed by atoms with E-state index in [0.29, 0.717) is 0 Å². The van der Waals surface area contributed by atoms with Gasteiger partial charge in [0.1, 0.15) is 5.75 Å². The van der Waals surface area contributed by atoms with E-state index in [2.05, 4.69) is 24.3 Å². The molecule has 0 saturated carbocycles. The van der Waals surface area contributed by atoms with Crippen LogP contribution in [0.15, 0.2) is 77.9 Å². The van der Waals surface area contributed by atoms with Gasteiger partial charge in [0.25, 0.3) is 5.91 Å². The number of likely N-dealkylation sites (N-methyl/N-ethyl adjacent to an activating group) is 1. The molecule has 3 aromatic carbocycles. The molecule has 2 atom stereocenters. The third kappa shape index (κ3) is 2.12. The van der Waals surface area contributed by atoms with Crippen LogP contribution >= 0.6 is 0 Å². The first-order valence-corrected chi connectivity index (χ1v) is 10.2. The van der Waals surface area contributed by atoms with E-state index >= 15 is 0 Å². The van der Waals surface area contributed by atoms with Crippen molar-refractivity contribution >= 4 is 17.3 Å². The van der Waals surface area contributed by atoms with E-state index in [4.69, 9.17) is 9.84 Å². The van der Waals surface area contributed by atoms with Gasteiger partial charge in [0.15, 0.2) is 0 Å². The number of amides is 1. The van der Waals surface area contributed by atoms with Crippen LogP contribution in [-0.4, -0.2) is 23.7 Å². The smallest absolute Gasteiger partial charge is 0.306 e. The Kier molecular flexibility index (Phi) is 3.43. The summed E-state index contributed by atoms with van der Waals surface area (Å²) in [6.45, 7) is 2.04. The van der Waals surface area contributed by atoms with Crippen LogP contribution in [0, 0.1) is 6.92 Å². The lowest BCUT2D eigenvalue weighted by Gasteiger charge is -2.44. The Bertz CT molecular complexity index is 1220. The maximum Gasteiger partial charge on any atom is 0.306 e. The van der Waals surface area contributed by atoms with E-state index < -0.39 is 5.72 Å². The Hall–Kier alpha value is -3.60. The number of fused-ring (bicyclic) bond motifs is 6. The Balaban J connectivity index is 1.61. The fourth-order valence-corrected chi connectivity index (χ4v) is 4.89. The van der Waals surface area contributed by atoms with Crippen molar-refractivity contribution in [3.05, 3.63) is 95.1 Å². The number of carbonyl (C=O) groups excluding carboxylic acids is 1. The second-order valence-corrected chi connectivity index (χ2v) is 8.15. The van der Waals surface area contributed by atoms with Gasteiger partial charge in [0.05, 0.1) is 23.0 Å². The fraction of sp³-hybridized carbons (Fsp3) is 0.200. The van der Waals surface area contributed by atoms with Crippen LogP contribution in [0.25, 0.3) is 0 Å². The van der Waals surface area contributed by atoms with E-state index in [1.807, 2.05) is 67.5 Å². The highest BCUT2D eigenvalue weighted by molar-refractivity contribution is 6.08. The van der Waals surface area contributed by atoms with Gasteiger partial charge in [0, 0.05) is 19.0 Å². The molecule has 1 amide bonds. The quantitative estimate of drug-likeness (QED) is 0.615. The average molecular weight is 395 g/mol. The Morgan fingerprint density at radius 1 is 1.03 bits per heavy atom. The number of nitrogens with zero attached hydrogens (tertiary/aromatic N) is 3. The minimum atomic E-state index is -1.29. The van der Waals surface area contributed by atoms with Gasteiger partial charge in [-0.15, -0.1) is 0 Å². The van der Waals surface area contributed by atoms with Gasteiger partial charge in [-0.05, 0) is 30.7 Å². The summed E-state index contributed by atoms with van der Waals surface area (Å²) < 4.78 is 6.57. The maximum atomic E-state index is 13.7. The molecule has 0 N–H and O–H groups in total. The molecule has 0 fully saturated rings. The second kappa shape index (κ2) is 5.95. The van der Waals surface area contributed by atoms with Crippen LogP contribution in [0.3, 0.4) is 0 Å². The van der Waals surface area contributed by atoms with Gasteiger partial charge in [-0.3, -0.25) is 4.79 Å². The first-order valence-electron chi connectivity index (χ1n) is 10.2. The zero-order valence-corrected chi connectivity index (χ0v) is 16.9. The number of anilines is 1. The molecule has 3 aromatic rings. The molecular formula is C25H21N3O2. The standard InChI is InChI=1S/C25H21N3O2/c1-16-12-13-21-19(14-16)25(24(29)27(21)2)28-22(18-10-6-7-11-23(18)30-25)15-20(26-28)17-8-4-3-5-9-17/h3-14,22H,15H2,1-2H3/t22-,25+/m0/s1. The molecule has 6 rings (SSSR count). The molecule has 0 unspecified atom stereocenters. The number of rotatable bonds is 1. The number of hydrogen-bond donors (Lipinski definition) is 0. The zero-order valence-electron chi connectivity index (χ0n) is 16.9. The summed E-state index contributed by atoms with van der Waals surface area (Å²) in [6, 6.07) is 24.2. The third-order valence-electron chi connectivity index (χ3n) is 6.35. The first kappa shape index (κ1) is 17.3. The highest BCUT2D eigenvalue weighted by atomic mass is 16.5. The molecule has 0 aliphatic carbocycles. The van der Waals surface area contributed by atoms with Crippen molar-refractivity contribution in [1.29, 1.82) is 0 Å². The number of benzene rings is 3. The Morgan fingerprint density at radius 2 is 1.80 bits per heavy atom. The van der Waals surface area contributed by atoms with Crippen LogP contribution in [0.2, 0.25) is 0 Å². The van der Waals surface area contributed by atoms with Crippen LogP contribution in [0.1, 0.15) is 34.7 Å². The molecule has 3 aliphatic heterocycles. The SMILES string of the molecule is Cc1ccc2c(c1)[C@@]1(Oc3ccccc3[C@@H]3CC(c4ccccc4)=NN31)C(=O)N2C. The Morgan fingerprint density at radius 3 is 2.63 bits per heavy atom. The second-order valence-electron chi connectivity index (χ2n) is 8.15. The number of carbonyl (C=O) groups is 1. The number of aryl methyl sites for hydroxylation is 1. The molecule has 3 aliphatic rings. The number of para-hydroxylation sites is 1. The van der Waals surface area contributed by atoms with Crippen molar-refractivity contribution in [2.75, 3.05) is 11.9 Å². The lowest BCUT2D eigenvalue weighted by molar-refractivity contribution is -0.163. The fourth-order valence-electron chi connectivity index (χ4n) is 4.89. The van der Waals surface area contributed by atoms with E-state index in [1.165, 1.54) is 0 Å². The molecule has 5 heteroatoms. The summed E-state index contributed by atoms with van der Waals surface area (Å²) in [7, 11) is 1.81. The third-order valence-corrected chi connectivity index (χ3v) is 6.35. The van der Waals surface area contributed by atoms with Gasteiger partial charge >= 0.3 is 5.72 Å². The van der Waals surface area contributed by atoms with Crippen molar-refractivity contribution in [1.82, 2.24) is 5.01 Å². The van der Waals surface area contributed by atoms with Gasteiger partial charge in [0.2, 0.25) is 0 Å². The van der Waals surface area contributed by atoms with E-state index in [0.717, 1.165) is 45.8 Å². The van der Waals surface area contributed by atoms with Crippen LogP contribution in [0.4, 0.5) is 5.69 Å². The number of hydrazone groups is 1. The molecule has 1 spiro atoms. The lowest BCUT2D eigenvalue weighted by atomic mass is 9.92. The van der Waals surface area contributed by atoms with Crippen LogP contribution in [-0.2, 0) is 10.5 Å². The van der Waals surface area contributed by atoms with Crippen molar-refractivity contribution in [2.24, 2.45) is 5.10 Å². The zero-order chi connectivity index (χ0) is 20.5. The maximum absolute atomic E-state index is 13.7. The lowest BCUT2D eigenvalue weighted by Crippen LogP contribution is -2.56. The molecule has 0 radical (unpaired) electrons. The molecule has 0 saturated heterocycles.